The van der Waals surface area contributed by atoms with E-state index in [4.69, 9.17) is 0 Å². The van der Waals surface area contributed by atoms with Crippen LogP contribution in [0.2, 0.25) is 0 Å². The first-order valence-corrected chi connectivity index (χ1v) is 15.7. The zero-order valence-electron chi connectivity index (χ0n) is 28.7. The molecular formula is C44H53N. The maximum Gasteiger partial charge on any atom is 0.0404 e. The second-order valence-corrected chi connectivity index (χ2v) is 10.00. The Morgan fingerprint density at radius 3 is 1.67 bits per heavy atom. The van der Waals surface area contributed by atoms with Crippen molar-refractivity contribution in [3.63, 3.8) is 0 Å². The summed E-state index contributed by atoms with van der Waals surface area (Å²) in [5, 5.41) is 0. The summed E-state index contributed by atoms with van der Waals surface area (Å²) in [5.74, 6) is 0. The molecule has 0 spiro atoms. The second kappa shape index (κ2) is 23.6. The molecule has 0 atom stereocenters. The zero-order chi connectivity index (χ0) is 33.3. The maximum absolute atomic E-state index is 4.25. The molecule has 0 aliphatic carbocycles. The van der Waals surface area contributed by atoms with E-state index in [1.54, 1.807) is 0 Å². The normalized spacial score (nSPS) is 15.3. The van der Waals surface area contributed by atoms with Gasteiger partial charge >= 0.3 is 0 Å². The lowest BCUT2D eigenvalue weighted by atomic mass is 9.96. The van der Waals surface area contributed by atoms with E-state index in [2.05, 4.69) is 173 Å². The smallest absolute Gasteiger partial charge is 0.0404 e. The highest BCUT2D eigenvalue weighted by molar-refractivity contribution is 5.83. The molecule has 1 aromatic rings. The summed E-state index contributed by atoms with van der Waals surface area (Å²) in [4.78, 5) is 2.19. The molecule has 0 saturated heterocycles. The van der Waals surface area contributed by atoms with Gasteiger partial charge in [0.05, 0.1) is 0 Å². The molecule has 0 aromatic heterocycles. The minimum Gasteiger partial charge on any atom is -0.345 e. The minimum atomic E-state index is 0.922. The van der Waals surface area contributed by atoms with Crippen LogP contribution in [0.25, 0.3) is 5.57 Å². The fourth-order valence-electron chi connectivity index (χ4n) is 4.18. The van der Waals surface area contributed by atoms with E-state index >= 15 is 0 Å². The lowest BCUT2D eigenvalue weighted by molar-refractivity contribution is 0.553. The van der Waals surface area contributed by atoms with Gasteiger partial charge in [0.1, 0.15) is 0 Å². The topological polar surface area (TPSA) is 3.24 Å². The quantitative estimate of drug-likeness (QED) is 0.172. The number of hydrogen-bond donors (Lipinski definition) is 0. The molecule has 1 aromatic carbocycles. The number of benzene rings is 1. The van der Waals surface area contributed by atoms with Gasteiger partial charge in [-0.05, 0) is 100 Å². The van der Waals surface area contributed by atoms with E-state index in [0.29, 0.717) is 0 Å². The van der Waals surface area contributed by atoms with Crippen molar-refractivity contribution in [3.8, 4) is 0 Å². The van der Waals surface area contributed by atoms with Gasteiger partial charge in [-0.15, -0.1) is 0 Å². The van der Waals surface area contributed by atoms with Gasteiger partial charge in [0.2, 0.25) is 0 Å². The van der Waals surface area contributed by atoms with Gasteiger partial charge < -0.3 is 4.90 Å². The average Bonchev–Trinajstić information content (AvgIpc) is 3.06. The van der Waals surface area contributed by atoms with E-state index in [0.717, 1.165) is 39.3 Å². The highest BCUT2D eigenvalue weighted by atomic mass is 15.1. The molecule has 0 amide bonds. The molecular weight excluding hydrogens is 542 g/mol. The van der Waals surface area contributed by atoms with Gasteiger partial charge in [0.15, 0.2) is 0 Å². The first kappa shape index (κ1) is 38.1. The van der Waals surface area contributed by atoms with Crippen LogP contribution in [0.15, 0.2) is 204 Å². The summed E-state index contributed by atoms with van der Waals surface area (Å²) in [6, 6.07) is 10.5. The Hall–Kier alpha value is -4.88. The van der Waals surface area contributed by atoms with Crippen LogP contribution in [-0.4, -0.2) is 11.9 Å². The predicted molar refractivity (Wildman–Crippen MR) is 205 cm³/mol. The molecule has 0 N–H and O–H groups in total. The van der Waals surface area contributed by atoms with Crippen LogP contribution in [0.4, 0.5) is 0 Å². The van der Waals surface area contributed by atoms with E-state index in [9.17, 15) is 0 Å². The van der Waals surface area contributed by atoms with Crippen LogP contribution in [0.1, 0.15) is 54.0 Å². The van der Waals surface area contributed by atoms with Crippen molar-refractivity contribution in [3.05, 3.63) is 210 Å². The van der Waals surface area contributed by atoms with Crippen LogP contribution in [-0.2, 0) is 0 Å². The van der Waals surface area contributed by atoms with E-state index in [1.807, 2.05) is 58.1 Å². The molecule has 0 unspecified atom stereocenters. The standard InChI is InChI=1S/C44H53N/c1-10-17-26-40(23-12-3)44(41-27-20-19-21-28-41)30-22-25-37(8)31-32-38(14-5)33-34-39(15-6)35-36-42(16-7)45(9)43(24-13-4)29-18-11-2/h10-36H,8H2,1-7,9H3/b17-10-,18-11-,23-12-,24-13-,25-22?,32-31-,34-33?,36-35-,38-14+,39-15-,40-26+,42-16+,43-29+,44-30?. The number of hydrogen-bond acceptors (Lipinski definition) is 1. The average molecular weight is 596 g/mol. The Bertz CT molecular complexity index is 1490. The monoisotopic (exact) mass is 595 g/mol. The Morgan fingerprint density at radius 2 is 1.11 bits per heavy atom. The van der Waals surface area contributed by atoms with Crippen LogP contribution in [0.5, 0.6) is 0 Å². The summed E-state index contributed by atoms with van der Waals surface area (Å²) in [7, 11) is 2.09. The summed E-state index contributed by atoms with van der Waals surface area (Å²) in [6.07, 6.45) is 46.2. The van der Waals surface area contributed by atoms with Crippen LogP contribution in [0.3, 0.4) is 0 Å². The molecule has 0 saturated carbocycles. The van der Waals surface area contributed by atoms with Crippen LogP contribution >= 0.6 is 0 Å². The summed E-state index contributed by atoms with van der Waals surface area (Å²) < 4.78 is 0. The Morgan fingerprint density at radius 1 is 0.533 bits per heavy atom. The van der Waals surface area contributed by atoms with Crippen molar-refractivity contribution < 1.29 is 0 Å². The Labute approximate surface area is 275 Å². The summed E-state index contributed by atoms with van der Waals surface area (Å²) in [6.45, 7) is 18.6. The molecule has 0 fully saturated rings. The predicted octanol–water partition coefficient (Wildman–Crippen LogP) is 12.7. The van der Waals surface area contributed by atoms with Crippen molar-refractivity contribution in [1.29, 1.82) is 0 Å². The fourth-order valence-corrected chi connectivity index (χ4v) is 4.18. The van der Waals surface area contributed by atoms with Gasteiger partial charge in [0, 0.05) is 18.4 Å². The van der Waals surface area contributed by atoms with E-state index in [-0.39, 0.29) is 0 Å². The highest BCUT2D eigenvalue weighted by Crippen LogP contribution is 2.25. The first-order chi connectivity index (χ1) is 21.9. The molecule has 1 nitrogen and oxygen atoms in total. The SMILES string of the molecule is C=C(C=CC=C(C(/C=C\C)=C/C=C\C)c1ccccc1)/C=C\C(C=CC(/C=C\C(=C/C)N(C)C(/C=C\C)=C/C=C\C)=C/C)=C/C. The van der Waals surface area contributed by atoms with Gasteiger partial charge in [-0.1, -0.05) is 152 Å². The van der Waals surface area contributed by atoms with Gasteiger partial charge in [-0.2, -0.15) is 0 Å². The third-order valence-electron chi connectivity index (χ3n) is 6.72. The third-order valence-corrected chi connectivity index (χ3v) is 6.72. The molecule has 1 rings (SSSR count). The molecule has 1 heteroatoms. The number of likely N-dealkylation sites (N-methyl/N-ethyl adjacent to an activating group) is 1. The molecule has 0 aliphatic rings. The number of allylic oxidation sites excluding steroid dienone is 27. The van der Waals surface area contributed by atoms with Crippen molar-refractivity contribution in [2.24, 2.45) is 0 Å². The van der Waals surface area contributed by atoms with E-state index in [1.165, 1.54) is 5.56 Å². The molecule has 0 bridgehead atoms. The minimum absolute atomic E-state index is 0.922. The summed E-state index contributed by atoms with van der Waals surface area (Å²) >= 11 is 0. The number of nitrogens with zero attached hydrogens (tertiary/aromatic N) is 1. The Kier molecular flexibility index (Phi) is 20.0. The second-order valence-electron chi connectivity index (χ2n) is 10.00. The molecule has 0 aliphatic heterocycles. The van der Waals surface area contributed by atoms with Gasteiger partial charge in [-0.3, -0.25) is 0 Å². The molecule has 0 heterocycles. The molecule has 234 valence electrons. The van der Waals surface area contributed by atoms with Crippen molar-refractivity contribution >= 4 is 5.57 Å². The number of rotatable bonds is 16. The van der Waals surface area contributed by atoms with Crippen LogP contribution < -0.4 is 0 Å². The lowest BCUT2D eigenvalue weighted by Gasteiger charge is -2.21. The van der Waals surface area contributed by atoms with Crippen molar-refractivity contribution in [2.45, 2.75) is 48.5 Å². The Balaban J connectivity index is 3.11. The summed E-state index contributed by atoms with van der Waals surface area (Å²) in [5.41, 5.74) is 8.87. The lowest BCUT2D eigenvalue weighted by Crippen LogP contribution is -2.14. The zero-order valence-corrected chi connectivity index (χ0v) is 28.7. The largest absolute Gasteiger partial charge is 0.345 e. The highest BCUT2D eigenvalue weighted by Gasteiger charge is 2.05. The van der Waals surface area contributed by atoms with E-state index < -0.39 is 0 Å². The van der Waals surface area contributed by atoms with Crippen molar-refractivity contribution in [1.82, 2.24) is 4.90 Å². The molecule has 45 heavy (non-hydrogen) atoms. The van der Waals surface area contributed by atoms with Crippen molar-refractivity contribution in [2.75, 3.05) is 7.05 Å². The first-order valence-electron chi connectivity index (χ1n) is 15.7. The van der Waals surface area contributed by atoms with Gasteiger partial charge in [0.25, 0.3) is 0 Å². The van der Waals surface area contributed by atoms with Crippen LogP contribution in [0, 0.1) is 0 Å². The third kappa shape index (κ3) is 14.9. The maximum atomic E-state index is 4.25. The molecule has 0 radical (unpaired) electrons. The fraction of sp³-hybridized carbons (Fsp3) is 0.182. The van der Waals surface area contributed by atoms with Gasteiger partial charge in [-0.25, -0.2) is 0 Å².